The molecule has 0 saturated heterocycles. The Bertz CT molecular complexity index is 1050. The molecule has 1 aliphatic rings. The normalized spacial score (nSPS) is 19.4. The van der Waals surface area contributed by atoms with Crippen molar-refractivity contribution in [3.05, 3.63) is 71.3 Å². The molecule has 1 amide bonds. The molecule has 2 aromatic rings. The summed E-state index contributed by atoms with van der Waals surface area (Å²) in [5.41, 5.74) is 2.62. The van der Waals surface area contributed by atoms with Gasteiger partial charge in [0.15, 0.2) is 0 Å². The molecule has 0 spiro atoms. The molecule has 0 aliphatic heterocycles. The van der Waals surface area contributed by atoms with E-state index in [4.69, 9.17) is 9.47 Å². The van der Waals surface area contributed by atoms with Crippen molar-refractivity contribution in [3.63, 3.8) is 0 Å². The van der Waals surface area contributed by atoms with Crippen molar-refractivity contribution < 1.29 is 24.2 Å². The average Bonchev–Trinajstić information content (AvgIpc) is 2.90. The minimum absolute atomic E-state index is 0.00531. The number of hydrogen-bond acceptors (Lipinski definition) is 6. The number of hydrogen-bond donors (Lipinski definition) is 3. The number of carboxylic acids is 1. The van der Waals surface area contributed by atoms with Gasteiger partial charge in [-0.2, -0.15) is 0 Å². The SMILES string of the molecule is CCC(CC)O[C@@H]1C=C(C(=O)O)C[C@H](NCc2ccc(SCc3ccc(OC)cc3)cc2)[C@H]1NC(C)=O. The van der Waals surface area contributed by atoms with E-state index in [1.807, 2.05) is 26.0 Å². The summed E-state index contributed by atoms with van der Waals surface area (Å²) < 4.78 is 11.5. The van der Waals surface area contributed by atoms with Gasteiger partial charge in [0, 0.05) is 35.7 Å². The number of nitrogens with one attached hydrogen (secondary N) is 2. The molecule has 0 bridgehead atoms. The van der Waals surface area contributed by atoms with E-state index in [0.29, 0.717) is 18.5 Å². The Morgan fingerprint density at radius 1 is 1.05 bits per heavy atom. The first kappa shape index (κ1) is 28.8. The molecule has 37 heavy (non-hydrogen) atoms. The molecule has 7 nitrogen and oxygen atoms in total. The summed E-state index contributed by atoms with van der Waals surface area (Å²) in [6, 6.07) is 15.8. The van der Waals surface area contributed by atoms with Crippen molar-refractivity contribution in [2.24, 2.45) is 0 Å². The van der Waals surface area contributed by atoms with Crippen molar-refractivity contribution in [1.82, 2.24) is 10.6 Å². The fourth-order valence-corrected chi connectivity index (χ4v) is 5.26. The summed E-state index contributed by atoms with van der Waals surface area (Å²) in [5, 5.41) is 16.2. The van der Waals surface area contributed by atoms with Crippen molar-refractivity contribution in [2.45, 2.75) is 81.5 Å². The van der Waals surface area contributed by atoms with Crippen molar-refractivity contribution >= 4 is 23.6 Å². The summed E-state index contributed by atoms with van der Waals surface area (Å²) in [7, 11) is 1.66. The van der Waals surface area contributed by atoms with Crippen LogP contribution in [0.25, 0.3) is 0 Å². The summed E-state index contributed by atoms with van der Waals surface area (Å²) in [6.45, 7) is 6.11. The number of amides is 1. The van der Waals surface area contributed by atoms with Gasteiger partial charge in [-0.25, -0.2) is 4.79 Å². The minimum Gasteiger partial charge on any atom is -0.497 e. The molecule has 8 heteroatoms. The van der Waals surface area contributed by atoms with Gasteiger partial charge < -0.3 is 25.2 Å². The van der Waals surface area contributed by atoms with Crippen molar-refractivity contribution in [2.75, 3.05) is 7.11 Å². The summed E-state index contributed by atoms with van der Waals surface area (Å²) in [6.07, 6.45) is 3.08. The van der Waals surface area contributed by atoms with Crippen LogP contribution < -0.4 is 15.4 Å². The van der Waals surface area contributed by atoms with E-state index in [1.54, 1.807) is 24.9 Å². The molecule has 0 radical (unpaired) electrons. The Morgan fingerprint density at radius 2 is 1.70 bits per heavy atom. The van der Waals surface area contributed by atoms with E-state index in [9.17, 15) is 14.7 Å². The maximum absolute atomic E-state index is 12.0. The van der Waals surface area contributed by atoms with Crippen LogP contribution in [0.5, 0.6) is 5.75 Å². The highest BCUT2D eigenvalue weighted by Crippen LogP contribution is 2.26. The molecule has 0 aromatic heterocycles. The zero-order valence-corrected chi connectivity index (χ0v) is 22.8. The Kier molecular flexibility index (Phi) is 11.0. The van der Waals surface area contributed by atoms with E-state index >= 15 is 0 Å². The zero-order chi connectivity index (χ0) is 26.8. The van der Waals surface area contributed by atoms with E-state index in [1.165, 1.54) is 17.4 Å². The molecule has 0 saturated carbocycles. The number of ether oxygens (including phenoxy) is 2. The van der Waals surface area contributed by atoms with Gasteiger partial charge in [-0.15, -0.1) is 11.8 Å². The highest BCUT2D eigenvalue weighted by molar-refractivity contribution is 7.98. The number of carbonyl (C=O) groups is 2. The maximum Gasteiger partial charge on any atom is 0.331 e. The lowest BCUT2D eigenvalue weighted by Crippen LogP contribution is -2.58. The fourth-order valence-electron chi connectivity index (χ4n) is 4.41. The highest BCUT2D eigenvalue weighted by Gasteiger charge is 2.37. The number of carbonyl (C=O) groups excluding carboxylic acids is 1. The minimum atomic E-state index is -0.954. The number of methoxy groups -OCH3 is 1. The predicted molar refractivity (Wildman–Crippen MR) is 147 cm³/mol. The largest absolute Gasteiger partial charge is 0.497 e. The first-order chi connectivity index (χ1) is 17.8. The second-order valence-electron chi connectivity index (χ2n) is 9.23. The van der Waals surface area contributed by atoms with Gasteiger partial charge in [0.2, 0.25) is 5.91 Å². The van der Waals surface area contributed by atoms with Crippen LogP contribution in [0.1, 0.15) is 51.2 Å². The zero-order valence-electron chi connectivity index (χ0n) is 22.0. The van der Waals surface area contributed by atoms with Gasteiger partial charge >= 0.3 is 5.97 Å². The van der Waals surface area contributed by atoms with Crippen LogP contribution in [-0.4, -0.2) is 48.4 Å². The van der Waals surface area contributed by atoms with Gasteiger partial charge in [-0.05, 0) is 60.7 Å². The number of rotatable bonds is 13. The molecule has 0 unspecified atom stereocenters. The quantitative estimate of drug-likeness (QED) is 0.318. The second-order valence-corrected chi connectivity index (χ2v) is 10.3. The van der Waals surface area contributed by atoms with Gasteiger partial charge in [0.25, 0.3) is 0 Å². The lowest BCUT2D eigenvalue weighted by atomic mass is 9.87. The fraction of sp³-hybridized carbons (Fsp3) is 0.448. The van der Waals surface area contributed by atoms with Gasteiger partial charge in [-0.3, -0.25) is 4.79 Å². The number of benzene rings is 2. The lowest BCUT2D eigenvalue weighted by Gasteiger charge is -2.38. The number of aliphatic carboxylic acids is 1. The van der Waals surface area contributed by atoms with Gasteiger partial charge in [-0.1, -0.05) is 38.1 Å². The molecule has 2 aromatic carbocycles. The Hall–Kier alpha value is -2.81. The van der Waals surface area contributed by atoms with Crippen LogP contribution in [-0.2, 0) is 26.6 Å². The molecule has 0 heterocycles. The monoisotopic (exact) mass is 526 g/mol. The van der Waals surface area contributed by atoms with Gasteiger partial charge in [0.1, 0.15) is 5.75 Å². The summed E-state index contributed by atoms with van der Waals surface area (Å²) in [5.74, 6) is 0.595. The first-order valence-corrected chi connectivity index (χ1v) is 13.8. The first-order valence-electron chi connectivity index (χ1n) is 12.8. The van der Waals surface area contributed by atoms with Crippen molar-refractivity contribution in [1.29, 1.82) is 0 Å². The summed E-state index contributed by atoms with van der Waals surface area (Å²) in [4.78, 5) is 25.0. The van der Waals surface area contributed by atoms with E-state index in [0.717, 1.165) is 29.9 Å². The molecule has 3 atom stereocenters. The Morgan fingerprint density at radius 3 is 2.27 bits per heavy atom. The van der Waals surface area contributed by atoms with Crippen LogP contribution >= 0.6 is 11.8 Å². The molecular weight excluding hydrogens is 488 g/mol. The Labute approximate surface area is 224 Å². The van der Waals surface area contributed by atoms with Crippen molar-refractivity contribution in [3.8, 4) is 5.75 Å². The number of thioether (sulfide) groups is 1. The third-order valence-electron chi connectivity index (χ3n) is 6.55. The van der Waals surface area contributed by atoms with Crippen LogP contribution in [0, 0.1) is 0 Å². The van der Waals surface area contributed by atoms with E-state index < -0.39 is 12.1 Å². The maximum atomic E-state index is 12.0. The van der Waals surface area contributed by atoms with Crippen LogP contribution in [0.2, 0.25) is 0 Å². The second kappa shape index (κ2) is 14.2. The molecular formula is C29H38N2O5S. The average molecular weight is 527 g/mol. The van der Waals surface area contributed by atoms with Crippen LogP contribution in [0.15, 0.2) is 65.1 Å². The predicted octanol–water partition coefficient (Wildman–Crippen LogP) is 4.94. The van der Waals surface area contributed by atoms with Crippen LogP contribution in [0.4, 0.5) is 0 Å². The van der Waals surface area contributed by atoms with Gasteiger partial charge in [0.05, 0.1) is 25.4 Å². The topological polar surface area (TPSA) is 96.9 Å². The molecule has 1 aliphatic carbocycles. The molecule has 0 fully saturated rings. The Balaban J connectivity index is 1.65. The molecule has 3 rings (SSSR count). The number of carboxylic acid groups (broad SMARTS) is 1. The summed E-state index contributed by atoms with van der Waals surface area (Å²) >= 11 is 1.76. The smallest absolute Gasteiger partial charge is 0.331 e. The molecule has 200 valence electrons. The third-order valence-corrected chi connectivity index (χ3v) is 7.64. The van der Waals surface area contributed by atoms with Crippen LogP contribution in [0.3, 0.4) is 0 Å². The third kappa shape index (κ3) is 8.62. The standard InChI is InChI=1S/C29H38N2O5S/c1-5-23(6-2)36-27-16-22(29(33)34)15-26(28(27)31-19(3)32)30-17-20-9-13-25(14-10-20)37-18-21-7-11-24(35-4)12-8-21/h7-14,16,23,26-28,30H,5-6,15,17-18H2,1-4H3,(H,31,32)(H,33,34)/t26-,27+,28+/m0/s1. The van der Waals surface area contributed by atoms with E-state index in [2.05, 4.69) is 47.0 Å². The highest BCUT2D eigenvalue weighted by atomic mass is 32.2. The lowest BCUT2D eigenvalue weighted by molar-refractivity contribution is -0.133. The van der Waals surface area contributed by atoms with E-state index in [-0.39, 0.29) is 24.1 Å². The molecule has 3 N–H and O–H groups in total.